The lowest BCUT2D eigenvalue weighted by Gasteiger charge is -2.25. The van der Waals surface area contributed by atoms with E-state index < -0.39 is 9.84 Å². The number of sulfone groups is 1. The van der Waals surface area contributed by atoms with Crippen LogP contribution in [0.3, 0.4) is 0 Å². The van der Waals surface area contributed by atoms with Crippen LogP contribution in [-0.4, -0.2) is 47.8 Å². The molecule has 144 valence electrons. The molecule has 1 saturated heterocycles. The Bertz CT molecular complexity index is 1030. The Hall–Kier alpha value is -2.55. The Labute approximate surface area is 157 Å². The Morgan fingerprint density at radius 3 is 2.81 bits per heavy atom. The maximum absolute atomic E-state index is 12.4. The van der Waals surface area contributed by atoms with Crippen molar-refractivity contribution in [1.29, 1.82) is 0 Å². The Morgan fingerprint density at radius 1 is 1.37 bits per heavy atom. The quantitative estimate of drug-likeness (QED) is 0.825. The number of nitrogens with zero attached hydrogens (tertiary/aromatic N) is 2. The molecule has 8 nitrogen and oxygen atoms in total. The number of benzene rings is 1. The highest BCUT2D eigenvalue weighted by atomic mass is 32.2. The first-order chi connectivity index (χ1) is 12.8. The first-order valence-corrected chi connectivity index (χ1v) is 10.6. The summed E-state index contributed by atoms with van der Waals surface area (Å²) < 4.78 is 30.6. The molecule has 1 fully saturated rings. The molecule has 0 radical (unpaired) electrons. The van der Waals surface area contributed by atoms with E-state index in [0.29, 0.717) is 18.0 Å². The number of rotatable bonds is 3. The van der Waals surface area contributed by atoms with E-state index in [9.17, 15) is 18.3 Å². The zero-order valence-electron chi connectivity index (χ0n) is 15.1. The standard InChI is InChI=1S/C18H21N3O5S/c1-10-17-13(11-3-4-14(22)15(7-11)26-2)8-16(23)19-18(17)21(20-10)12-5-6-27(24,25)9-12/h3-4,7,12-13,22H,5-6,8-9H2,1-2H3,(H,19,23)/t12-,13+/m1/s1. The average Bonchev–Trinajstić information content (AvgIpc) is 3.14. The second kappa shape index (κ2) is 6.26. The molecule has 2 N–H and O–H groups in total. The molecule has 0 aliphatic carbocycles. The van der Waals surface area contributed by atoms with E-state index >= 15 is 0 Å². The number of amides is 1. The highest BCUT2D eigenvalue weighted by Gasteiger charge is 2.37. The van der Waals surface area contributed by atoms with Crippen molar-refractivity contribution in [1.82, 2.24) is 9.78 Å². The molecule has 1 aromatic heterocycles. The second-order valence-corrected chi connectivity index (χ2v) is 9.31. The summed E-state index contributed by atoms with van der Waals surface area (Å²) in [6.45, 7) is 1.86. The fourth-order valence-corrected chi connectivity index (χ4v) is 5.69. The number of ether oxygens (including phenoxy) is 1. The maximum atomic E-state index is 12.4. The van der Waals surface area contributed by atoms with Gasteiger partial charge in [-0.15, -0.1) is 0 Å². The van der Waals surface area contributed by atoms with Crippen molar-refractivity contribution in [3.63, 3.8) is 0 Å². The topological polar surface area (TPSA) is 111 Å². The van der Waals surface area contributed by atoms with Gasteiger partial charge in [-0.1, -0.05) is 6.07 Å². The number of aromatic nitrogens is 2. The van der Waals surface area contributed by atoms with E-state index in [-0.39, 0.29) is 41.5 Å². The second-order valence-electron chi connectivity index (χ2n) is 7.09. The average molecular weight is 391 g/mol. The predicted molar refractivity (Wildman–Crippen MR) is 99.0 cm³/mol. The van der Waals surface area contributed by atoms with Crippen LogP contribution in [0.2, 0.25) is 0 Å². The maximum Gasteiger partial charge on any atom is 0.226 e. The van der Waals surface area contributed by atoms with Gasteiger partial charge in [0, 0.05) is 17.9 Å². The number of aryl methyl sites for hydroxylation is 1. The molecule has 3 heterocycles. The van der Waals surface area contributed by atoms with Gasteiger partial charge < -0.3 is 15.2 Å². The van der Waals surface area contributed by atoms with Crippen molar-refractivity contribution in [2.75, 3.05) is 23.9 Å². The fraction of sp³-hybridized carbons (Fsp3) is 0.444. The zero-order valence-corrected chi connectivity index (χ0v) is 15.9. The van der Waals surface area contributed by atoms with E-state index in [1.165, 1.54) is 7.11 Å². The molecular formula is C18H21N3O5S. The number of nitrogens with one attached hydrogen (secondary N) is 1. The number of anilines is 1. The van der Waals surface area contributed by atoms with Crippen LogP contribution in [0.5, 0.6) is 11.5 Å². The first kappa shape index (κ1) is 17.8. The molecule has 0 saturated carbocycles. The number of methoxy groups -OCH3 is 1. The SMILES string of the molecule is COc1cc([C@@H]2CC(=O)Nc3c2c(C)nn3[C@@H]2CCS(=O)(=O)C2)ccc1O. The number of hydrogen-bond donors (Lipinski definition) is 2. The molecule has 1 amide bonds. The van der Waals surface area contributed by atoms with Crippen LogP contribution in [-0.2, 0) is 14.6 Å². The number of hydrogen-bond acceptors (Lipinski definition) is 6. The van der Waals surface area contributed by atoms with Crippen molar-refractivity contribution in [2.24, 2.45) is 0 Å². The van der Waals surface area contributed by atoms with Crippen molar-refractivity contribution in [2.45, 2.75) is 31.7 Å². The van der Waals surface area contributed by atoms with Gasteiger partial charge in [0.05, 0.1) is 30.4 Å². The molecule has 4 rings (SSSR count). The van der Waals surface area contributed by atoms with Crippen LogP contribution in [0.1, 0.15) is 41.6 Å². The van der Waals surface area contributed by atoms with Gasteiger partial charge in [0.1, 0.15) is 5.82 Å². The Kier molecular flexibility index (Phi) is 4.14. The third-order valence-corrected chi connectivity index (χ3v) is 7.04. The summed E-state index contributed by atoms with van der Waals surface area (Å²) in [7, 11) is -1.60. The zero-order chi connectivity index (χ0) is 19.3. The largest absolute Gasteiger partial charge is 0.504 e. The minimum atomic E-state index is -3.07. The van der Waals surface area contributed by atoms with Crippen molar-refractivity contribution >= 4 is 21.6 Å². The Balaban J connectivity index is 1.80. The van der Waals surface area contributed by atoms with Crippen LogP contribution >= 0.6 is 0 Å². The van der Waals surface area contributed by atoms with Gasteiger partial charge in [-0.2, -0.15) is 5.10 Å². The fourth-order valence-electron chi connectivity index (χ4n) is 4.00. The molecule has 9 heteroatoms. The highest BCUT2D eigenvalue weighted by molar-refractivity contribution is 7.91. The molecule has 1 aromatic carbocycles. The van der Waals surface area contributed by atoms with E-state index in [1.54, 1.807) is 22.9 Å². The van der Waals surface area contributed by atoms with Gasteiger partial charge in [0.25, 0.3) is 0 Å². The van der Waals surface area contributed by atoms with Gasteiger partial charge in [0.2, 0.25) is 5.91 Å². The summed E-state index contributed by atoms with van der Waals surface area (Å²) in [5.74, 6) is 0.725. The molecule has 0 bridgehead atoms. The summed E-state index contributed by atoms with van der Waals surface area (Å²) in [4.78, 5) is 12.4. The lowest BCUT2D eigenvalue weighted by molar-refractivity contribution is -0.116. The summed E-state index contributed by atoms with van der Waals surface area (Å²) in [5, 5.41) is 17.3. The van der Waals surface area contributed by atoms with E-state index in [1.807, 2.05) is 6.92 Å². The normalized spacial score (nSPS) is 23.7. The summed E-state index contributed by atoms with van der Waals surface area (Å²) >= 11 is 0. The predicted octanol–water partition coefficient (Wildman–Crippen LogP) is 1.74. The van der Waals surface area contributed by atoms with Gasteiger partial charge in [-0.05, 0) is 31.0 Å². The van der Waals surface area contributed by atoms with Crippen LogP contribution in [0.15, 0.2) is 18.2 Å². The van der Waals surface area contributed by atoms with Gasteiger partial charge in [0.15, 0.2) is 21.3 Å². The smallest absolute Gasteiger partial charge is 0.226 e. The number of fused-ring (bicyclic) bond motifs is 1. The number of phenols is 1. The molecule has 2 atom stereocenters. The third-order valence-electron chi connectivity index (χ3n) is 5.29. The van der Waals surface area contributed by atoms with Crippen molar-refractivity contribution in [3.8, 4) is 11.5 Å². The monoisotopic (exact) mass is 391 g/mol. The van der Waals surface area contributed by atoms with Gasteiger partial charge in [-0.25, -0.2) is 13.1 Å². The summed E-state index contributed by atoms with van der Waals surface area (Å²) in [6, 6.07) is 4.76. The molecule has 2 aliphatic rings. The molecule has 0 spiro atoms. The molecular weight excluding hydrogens is 370 g/mol. The molecule has 0 unspecified atom stereocenters. The van der Waals surface area contributed by atoms with Crippen molar-refractivity contribution < 1.29 is 23.1 Å². The van der Waals surface area contributed by atoms with Crippen LogP contribution in [0, 0.1) is 6.92 Å². The molecule has 2 aromatic rings. The Morgan fingerprint density at radius 2 is 2.15 bits per heavy atom. The van der Waals surface area contributed by atoms with Gasteiger partial charge in [-0.3, -0.25) is 4.79 Å². The van der Waals surface area contributed by atoms with E-state index in [0.717, 1.165) is 16.8 Å². The van der Waals surface area contributed by atoms with E-state index in [2.05, 4.69) is 10.4 Å². The van der Waals surface area contributed by atoms with Crippen LogP contribution in [0.4, 0.5) is 5.82 Å². The van der Waals surface area contributed by atoms with Gasteiger partial charge >= 0.3 is 0 Å². The first-order valence-electron chi connectivity index (χ1n) is 8.75. The molecule has 27 heavy (non-hydrogen) atoms. The third kappa shape index (κ3) is 3.05. The van der Waals surface area contributed by atoms with E-state index in [4.69, 9.17) is 4.74 Å². The van der Waals surface area contributed by atoms with Crippen molar-refractivity contribution in [3.05, 3.63) is 35.0 Å². The number of carbonyl (C=O) groups excluding carboxylic acids is 1. The lowest BCUT2D eigenvalue weighted by Crippen LogP contribution is -2.26. The lowest BCUT2D eigenvalue weighted by atomic mass is 9.85. The summed E-state index contributed by atoms with van der Waals surface area (Å²) in [6.07, 6.45) is 0.736. The van der Waals surface area contributed by atoms with Crippen LogP contribution < -0.4 is 10.1 Å². The minimum Gasteiger partial charge on any atom is -0.504 e. The molecule has 2 aliphatic heterocycles. The number of aromatic hydroxyl groups is 1. The minimum absolute atomic E-state index is 0.0327. The van der Waals surface area contributed by atoms with Crippen LogP contribution in [0.25, 0.3) is 0 Å². The summed E-state index contributed by atoms with van der Waals surface area (Å²) in [5.41, 5.74) is 2.47. The number of phenolic OH excluding ortho intramolecular Hbond substituents is 1. The highest BCUT2D eigenvalue weighted by Crippen LogP contribution is 2.43. The number of carbonyl (C=O) groups is 1.